The maximum atomic E-state index is 15.7. The van der Waals surface area contributed by atoms with Crippen LogP contribution in [0.3, 0.4) is 0 Å². The highest BCUT2D eigenvalue weighted by Gasteiger charge is 2.53. The number of carbonyl (C=O) groups is 4. The Morgan fingerprint density at radius 2 is 1.76 bits per heavy atom. The molecule has 8 rings (SSSR count). The number of amides is 4. The quantitative estimate of drug-likeness (QED) is 0.0972. The Bertz CT molecular complexity index is 2720. The fourth-order valence-corrected chi connectivity index (χ4v) is 9.33. The van der Waals surface area contributed by atoms with Crippen molar-refractivity contribution >= 4 is 46.5 Å². The van der Waals surface area contributed by atoms with Crippen molar-refractivity contribution in [2.45, 2.75) is 83.8 Å². The predicted molar refractivity (Wildman–Crippen MR) is 252 cm³/mol. The number of likely N-dealkylation sites (tertiary alicyclic amines) is 1. The highest BCUT2D eigenvalue weighted by molar-refractivity contribution is 7.13. The van der Waals surface area contributed by atoms with E-state index in [0.717, 1.165) is 16.1 Å². The smallest absolute Gasteiger partial charge is 0.258 e. The Kier molecular flexibility index (Phi) is 13.7. The Labute approximate surface area is 396 Å². The molecule has 2 aromatic heterocycles. The van der Waals surface area contributed by atoms with Crippen LogP contribution in [0.2, 0.25) is 0 Å². The van der Waals surface area contributed by atoms with Gasteiger partial charge in [0.15, 0.2) is 11.5 Å². The summed E-state index contributed by atoms with van der Waals surface area (Å²) in [5.41, 5.74) is 9.54. The summed E-state index contributed by atoms with van der Waals surface area (Å²) in [7, 11) is 0. The number of alkyl halides is 1. The van der Waals surface area contributed by atoms with Crippen LogP contribution in [0.15, 0.2) is 72.2 Å². The number of anilines is 2. The second-order valence-electron chi connectivity index (χ2n) is 18.7. The maximum absolute atomic E-state index is 15.7. The number of hydrogen-bond donors (Lipinski definition) is 5. The molecule has 19 heteroatoms. The standard InChI is InChI=1S/C49H55F2N9O7S/c1-28-41(68-27-54-28)30-10-11-31(25-53-44(63)38-23-32(61)26-60(38)46(65)42(48(2,3)4)55-47(66)49(51)14-15-49)40(22-30)67-20-13-29-9-12-33(35(50)21-29)45(64)59-18-16-58(17-19-59)37-24-36(56-57-43(37)52)34-7-5-6-8-39(34)62/h5-12,21-22,24,27,32,38,42,61-62H,13-20,23,25-26H2,1-4H3,(H2,52,57)(H,53,63)(H,55,66)/t32-,38+,42-/m1/s1. The molecule has 0 unspecified atom stereocenters. The van der Waals surface area contributed by atoms with Crippen LogP contribution < -0.4 is 26.0 Å². The second kappa shape index (κ2) is 19.5. The third-order valence-corrected chi connectivity index (χ3v) is 13.7. The summed E-state index contributed by atoms with van der Waals surface area (Å²) in [6.45, 7) is 8.55. The molecule has 3 fully saturated rings. The molecule has 358 valence electrons. The van der Waals surface area contributed by atoms with Crippen molar-refractivity contribution in [3.63, 3.8) is 0 Å². The summed E-state index contributed by atoms with van der Waals surface area (Å²) in [4.78, 5) is 64.2. The topological polar surface area (TPSA) is 216 Å². The molecule has 3 aliphatic rings. The number of aliphatic hydroxyl groups is 1. The van der Waals surface area contributed by atoms with Crippen molar-refractivity contribution in [3.05, 3.63) is 100 Å². The van der Waals surface area contributed by atoms with E-state index < -0.39 is 58.7 Å². The van der Waals surface area contributed by atoms with E-state index in [1.54, 1.807) is 67.6 Å². The summed E-state index contributed by atoms with van der Waals surface area (Å²) in [5, 5.41) is 34.7. The van der Waals surface area contributed by atoms with Gasteiger partial charge in [0, 0.05) is 63.2 Å². The lowest BCUT2D eigenvalue weighted by atomic mass is 9.85. The lowest BCUT2D eigenvalue weighted by Gasteiger charge is -2.36. The number of nitrogens with two attached hydrogens (primary N) is 1. The number of rotatable bonds is 14. The SMILES string of the molecule is Cc1ncsc1-c1ccc(CNC(=O)[C@@H]2C[C@@H](O)CN2C(=O)[C@@H](NC(=O)C2(F)CC2)C(C)(C)C)c(OCCc2ccc(C(=O)N3CCN(c4cc(-c5ccccc5O)nnc4N)CC3)c(F)c2)c1. The number of hydrogen-bond acceptors (Lipinski definition) is 13. The summed E-state index contributed by atoms with van der Waals surface area (Å²) >= 11 is 1.47. The van der Waals surface area contributed by atoms with E-state index in [1.165, 1.54) is 28.4 Å². The summed E-state index contributed by atoms with van der Waals surface area (Å²) in [6, 6.07) is 16.4. The number of phenols is 1. The van der Waals surface area contributed by atoms with Crippen LogP contribution >= 0.6 is 11.3 Å². The van der Waals surface area contributed by atoms with E-state index in [-0.39, 0.29) is 62.5 Å². The molecule has 4 heterocycles. The van der Waals surface area contributed by atoms with Gasteiger partial charge >= 0.3 is 0 Å². The average Bonchev–Trinajstić information content (AvgIpc) is 3.72. The van der Waals surface area contributed by atoms with Crippen molar-refractivity contribution in [1.82, 2.24) is 35.6 Å². The Morgan fingerprint density at radius 3 is 2.44 bits per heavy atom. The monoisotopic (exact) mass is 951 g/mol. The highest BCUT2D eigenvalue weighted by Crippen LogP contribution is 2.41. The number of nitrogens with one attached hydrogen (secondary N) is 2. The molecular weight excluding hydrogens is 897 g/mol. The minimum atomic E-state index is -2.00. The summed E-state index contributed by atoms with van der Waals surface area (Å²) in [6.07, 6.45) is -0.560. The first-order valence-corrected chi connectivity index (χ1v) is 23.4. The Balaban J connectivity index is 0.900. The van der Waals surface area contributed by atoms with Gasteiger partial charge in [-0.15, -0.1) is 21.5 Å². The van der Waals surface area contributed by atoms with Crippen molar-refractivity contribution in [2.24, 2.45) is 5.41 Å². The number of carbonyl (C=O) groups excluding carboxylic acids is 4. The van der Waals surface area contributed by atoms with Gasteiger partial charge in [-0.1, -0.05) is 51.1 Å². The highest BCUT2D eigenvalue weighted by atomic mass is 32.1. The molecule has 3 aromatic carbocycles. The first kappa shape index (κ1) is 47.8. The molecule has 5 aromatic rings. The van der Waals surface area contributed by atoms with Gasteiger partial charge in [-0.25, -0.2) is 13.8 Å². The number of piperazine rings is 1. The molecule has 0 radical (unpaired) electrons. The van der Waals surface area contributed by atoms with Gasteiger partial charge in [0.1, 0.15) is 29.4 Å². The molecule has 0 spiro atoms. The van der Waals surface area contributed by atoms with Gasteiger partial charge in [-0.05, 0) is 72.7 Å². The van der Waals surface area contributed by atoms with E-state index in [0.29, 0.717) is 60.0 Å². The number of para-hydroxylation sites is 1. The molecule has 68 heavy (non-hydrogen) atoms. The molecule has 6 N–H and O–H groups in total. The molecule has 4 amide bonds. The van der Waals surface area contributed by atoms with Crippen LogP contribution in [-0.2, 0) is 27.3 Å². The number of halogens is 2. The van der Waals surface area contributed by atoms with Crippen LogP contribution in [0, 0.1) is 18.2 Å². The predicted octanol–water partition coefficient (Wildman–Crippen LogP) is 5.20. The van der Waals surface area contributed by atoms with Crippen molar-refractivity contribution in [1.29, 1.82) is 0 Å². The van der Waals surface area contributed by atoms with Gasteiger partial charge < -0.3 is 46.0 Å². The first-order valence-electron chi connectivity index (χ1n) is 22.6. The molecule has 2 aliphatic heterocycles. The van der Waals surface area contributed by atoms with Gasteiger partial charge in [0.05, 0.1) is 45.7 Å². The Morgan fingerprint density at radius 1 is 1.01 bits per heavy atom. The third kappa shape index (κ3) is 10.4. The zero-order valence-corrected chi connectivity index (χ0v) is 39.1. The van der Waals surface area contributed by atoms with E-state index in [1.807, 2.05) is 30.0 Å². The van der Waals surface area contributed by atoms with Crippen LogP contribution in [0.1, 0.15) is 67.2 Å². The number of aryl methyl sites for hydroxylation is 1. The van der Waals surface area contributed by atoms with Crippen molar-refractivity contribution in [2.75, 3.05) is 50.0 Å². The van der Waals surface area contributed by atoms with Crippen LogP contribution in [-0.4, -0.2) is 122 Å². The number of aliphatic hydroxyl groups excluding tert-OH is 1. The largest absolute Gasteiger partial charge is 0.507 e. The number of ether oxygens (including phenoxy) is 1. The Hall–Kier alpha value is -6.73. The normalized spacial score (nSPS) is 18.2. The van der Waals surface area contributed by atoms with Crippen molar-refractivity contribution in [3.8, 4) is 33.2 Å². The van der Waals surface area contributed by atoms with Gasteiger partial charge in [-0.2, -0.15) is 0 Å². The minimum absolute atomic E-state index is 0.000354. The number of nitrogen functional groups attached to an aromatic ring is 1. The van der Waals surface area contributed by atoms with Gasteiger partial charge in [-0.3, -0.25) is 19.2 Å². The number of aromatic hydroxyl groups is 1. The summed E-state index contributed by atoms with van der Waals surface area (Å²) in [5.74, 6) is -2.33. The lowest BCUT2D eigenvalue weighted by Crippen LogP contribution is -2.59. The lowest BCUT2D eigenvalue weighted by molar-refractivity contribution is -0.145. The zero-order chi connectivity index (χ0) is 48.5. The zero-order valence-electron chi connectivity index (χ0n) is 38.3. The van der Waals surface area contributed by atoms with Crippen molar-refractivity contribution < 1.29 is 42.9 Å². The molecule has 1 saturated carbocycles. The molecule has 16 nitrogen and oxygen atoms in total. The molecule has 2 saturated heterocycles. The summed E-state index contributed by atoms with van der Waals surface area (Å²) < 4.78 is 36.7. The molecule has 0 bridgehead atoms. The average molecular weight is 952 g/mol. The van der Waals surface area contributed by atoms with E-state index in [2.05, 4.69) is 25.8 Å². The number of phenolic OH excluding ortho intramolecular Hbond substituents is 1. The molecule has 3 atom stereocenters. The maximum Gasteiger partial charge on any atom is 0.258 e. The number of aromatic nitrogens is 3. The number of nitrogens with zero attached hydrogens (tertiary/aromatic N) is 6. The first-order chi connectivity index (χ1) is 32.4. The third-order valence-electron chi connectivity index (χ3n) is 12.7. The minimum Gasteiger partial charge on any atom is -0.507 e. The molecule has 1 aliphatic carbocycles. The van der Waals surface area contributed by atoms with Crippen LogP contribution in [0.4, 0.5) is 20.3 Å². The number of thiazole rings is 1. The second-order valence-corrected chi connectivity index (χ2v) is 19.5. The molecular formula is C49H55F2N9O7S. The van der Waals surface area contributed by atoms with Crippen LogP contribution in [0.5, 0.6) is 11.5 Å². The van der Waals surface area contributed by atoms with Crippen LogP contribution in [0.25, 0.3) is 21.7 Å². The fraction of sp³-hybridized carbons (Fsp3) is 0.408. The van der Waals surface area contributed by atoms with E-state index in [4.69, 9.17) is 10.5 Å². The number of benzene rings is 3. The number of β-amino-alcohol motifs (C(OH)–C–C–N with tert-alkyl or cyclic N) is 1. The van der Waals surface area contributed by atoms with E-state index >= 15 is 4.39 Å². The van der Waals surface area contributed by atoms with Gasteiger partial charge in [0.2, 0.25) is 11.8 Å². The van der Waals surface area contributed by atoms with Gasteiger partial charge in [0.25, 0.3) is 11.8 Å². The van der Waals surface area contributed by atoms with E-state index in [9.17, 15) is 33.8 Å². The fourth-order valence-electron chi connectivity index (χ4n) is 8.53.